The van der Waals surface area contributed by atoms with E-state index in [0.29, 0.717) is 0 Å². The molecule has 1 fully saturated rings. The van der Waals surface area contributed by atoms with Crippen LogP contribution in [0.1, 0.15) is 6.42 Å². The maximum atomic E-state index is 5.59. The molecule has 0 atom stereocenters. The van der Waals surface area contributed by atoms with Gasteiger partial charge in [-0.1, -0.05) is 0 Å². The van der Waals surface area contributed by atoms with E-state index in [2.05, 4.69) is 123 Å². The molecule has 0 amide bonds. The molecular weight excluding hydrogens is 413 g/mol. The zero-order chi connectivity index (χ0) is 21.9. The first-order valence-corrected chi connectivity index (χ1v) is 14.4. The molecule has 0 radical (unpaired) electrons. The highest BCUT2D eigenvalue weighted by Gasteiger charge is 2.50. The van der Waals surface area contributed by atoms with Crippen molar-refractivity contribution in [3.63, 3.8) is 0 Å². The van der Waals surface area contributed by atoms with Crippen LogP contribution >= 0.6 is 22.9 Å². The molecule has 1 heterocycles. The van der Waals surface area contributed by atoms with Gasteiger partial charge in [-0.05, 0) is 100 Å². The summed E-state index contributed by atoms with van der Waals surface area (Å²) in [5.41, 5.74) is 0. The third kappa shape index (κ3) is 5.06. The van der Waals surface area contributed by atoms with Crippen LogP contribution in [0.25, 0.3) is 0 Å². The minimum Gasteiger partial charge on any atom is -0.249 e. The molecule has 0 unspecified atom stereocenters. The van der Waals surface area contributed by atoms with Crippen molar-refractivity contribution < 1.29 is 0 Å². The number of nitrogens with one attached hydrogen (secondary N) is 2. The Labute approximate surface area is 174 Å². The lowest BCUT2D eigenvalue weighted by atomic mass is 10.4. The van der Waals surface area contributed by atoms with E-state index >= 15 is 0 Å². The highest BCUT2D eigenvalue weighted by molar-refractivity contribution is 7.81. The summed E-state index contributed by atoms with van der Waals surface area (Å²) in [5.74, 6) is 0. The standard InChI is InChI=1S/C15H44N10P3/c1-20(2)27(21(3)4,22(5)6)18-26(16-14-13-15-17-26)19-28(23(7)8,24(9)10)25(11)12/h16-17H,13-15H2,1-12H3/q+1. The SMILES string of the molecule is CN(C)P(=N[P+]1(N=P(N(C)C)(N(C)C)N(C)C)NCCCN1)(N(C)C)N(C)C. The van der Waals surface area contributed by atoms with Crippen LogP contribution in [-0.2, 0) is 0 Å². The molecule has 13 heteroatoms. The minimum absolute atomic E-state index is 0.927. The molecule has 0 spiro atoms. The Balaban J connectivity index is 3.95. The molecule has 1 aliphatic rings. The Morgan fingerprint density at radius 3 is 1.00 bits per heavy atom. The van der Waals surface area contributed by atoms with Gasteiger partial charge in [-0.2, -0.15) is 0 Å². The average Bonchev–Trinajstić information content (AvgIpc) is 2.56. The first-order chi connectivity index (χ1) is 12.8. The lowest BCUT2D eigenvalue weighted by Gasteiger charge is -2.43. The molecule has 168 valence electrons. The lowest BCUT2D eigenvalue weighted by molar-refractivity contribution is 0.473. The minimum atomic E-state index is -2.36. The highest BCUT2D eigenvalue weighted by Crippen LogP contribution is 2.73. The van der Waals surface area contributed by atoms with E-state index in [1.54, 1.807) is 0 Å². The zero-order valence-corrected chi connectivity index (χ0v) is 22.7. The van der Waals surface area contributed by atoms with Crippen LogP contribution in [0.2, 0.25) is 0 Å². The second-order valence-corrected chi connectivity index (χ2v) is 18.3. The molecule has 0 aromatic heterocycles. The fourth-order valence-corrected chi connectivity index (χ4v) is 17.2. The summed E-state index contributed by atoms with van der Waals surface area (Å²) in [6.07, 6.45) is 1.08. The Morgan fingerprint density at radius 1 is 0.536 bits per heavy atom. The van der Waals surface area contributed by atoms with Crippen molar-refractivity contribution in [2.75, 3.05) is 97.7 Å². The third-order valence-corrected chi connectivity index (χ3v) is 16.5. The second-order valence-electron chi connectivity index (χ2n) is 8.11. The Kier molecular flexibility index (Phi) is 9.74. The normalized spacial score (nSPS) is 18.8. The second kappa shape index (κ2) is 10.3. The van der Waals surface area contributed by atoms with Gasteiger partial charge in [0.25, 0.3) is 0 Å². The molecule has 28 heavy (non-hydrogen) atoms. The average molecular weight is 458 g/mol. The van der Waals surface area contributed by atoms with Crippen LogP contribution in [0.3, 0.4) is 0 Å². The number of hydrogen-bond acceptors (Lipinski definition) is 4. The highest BCUT2D eigenvalue weighted by atomic mass is 31.3. The maximum absolute atomic E-state index is 5.59. The van der Waals surface area contributed by atoms with E-state index < -0.39 is 22.9 Å². The molecule has 1 saturated heterocycles. The predicted molar refractivity (Wildman–Crippen MR) is 128 cm³/mol. The van der Waals surface area contributed by atoms with Crippen molar-refractivity contribution in [3.8, 4) is 0 Å². The molecular formula is C15H44N10P3+. The maximum Gasteiger partial charge on any atom is 0.399 e. The quantitative estimate of drug-likeness (QED) is 0.539. The van der Waals surface area contributed by atoms with E-state index in [9.17, 15) is 0 Å². The van der Waals surface area contributed by atoms with Crippen LogP contribution in [0.15, 0.2) is 9.03 Å². The topological polar surface area (TPSA) is 68.2 Å². The molecule has 0 aliphatic carbocycles. The van der Waals surface area contributed by atoms with Crippen molar-refractivity contribution in [1.29, 1.82) is 0 Å². The lowest BCUT2D eigenvalue weighted by Crippen LogP contribution is -2.38. The van der Waals surface area contributed by atoms with Crippen molar-refractivity contribution in [1.82, 2.24) is 38.2 Å². The Morgan fingerprint density at radius 2 is 0.786 bits per heavy atom. The van der Waals surface area contributed by atoms with E-state index in [-0.39, 0.29) is 0 Å². The van der Waals surface area contributed by atoms with Gasteiger partial charge in [-0.25, -0.2) is 28.0 Å². The fourth-order valence-electron chi connectivity index (χ4n) is 3.73. The molecule has 10 nitrogen and oxygen atoms in total. The van der Waals surface area contributed by atoms with E-state index in [4.69, 9.17) is 9.03 Å². The molecule has 1 rings (SSSR count). The Bertz CT molecular complexity index is 506. The Hall–Kier alpha value is 0.570. The summed E-state index contributed by atoms with van der Waals surface area (Å²) in [6.45, 7) is 1.85. The summed E-state index contributed by atoms with van der Waals surface area (Å²) in [6, 6.07) is 0. The van der Waals surface area contributed by atoms with Crippen molar-refractivity contribution in [2.24, 2.45) is 9.03 Å². The van der Waals surface area contributed by atoms with Crippen LogP contribution in [0, 0.1) is 0 Å². The third-order valence-electron chi connectivity index (χ3n) is 4.74. The largest absolute Gasteiger partial charge is 0.399 e. The molecule has 0 aromatic rings. The van der Waals surface area contributed by atoms with Crippen molar-refractivity contribution >= 4 is 22.9 Å². The molecule has 2 N–H and O–H groups in total. The monoisotopic (exact) mass is 457 g/mol. The molecule has 1 aliphatic heterocycles. The number of nitrogens with zero attached hydrogens (tertiary/aromatic N) is 8. The van der Waals surface area contributed by atoms with Gasteiger partial charge in [0.2, 0.25) is 15.0 Å². The summed E-state index contributed by atoms with van der Waals surface area (Å²) in [7, 11) is 18.8. The first-order valence-electron chi connectivity index (χ1n) is 9.52. The summed E-state index contributed by atoms with van der Waals surface area (Å²) < 4.78 is 24.7. The molecule has 0 saturated carbocycles. The predicted octanol–water partition coefficient (Wildman–Crippen LogP) is 2.51. The summed E-state index contributed by atoms with van der Waals surface area (Å²) in [5, 5.41) is 7.47. The van der Waals surface area contributed by atoms with Gasteiger partial charge in [0.05, 0.1) is 0 Å². The van der Waals surface area contributed by atoms with Crippen LogP contribution in [0.4, 0.5) is 0 Å². The van der Waals surface area contributed by atoms with Gasteiger partial charge in [0.15, 0.2) is 0 Å². The van der Waals surface area contributed by atoms with Crippen LogP contribution < -0.4 is 10.2 Å². The van der Waals surface area contributed by atoms with Gasteiger partial charge in [-0.15, -0.1) is 10.2 Å². The summed E-state index contributed by atoms with van der Waals surface area (Å²) in [4.78, 5) is 0. The van der Waals surface area contributed by atoms with Gasteiger partial charge in [0.1, 0.15) is 0 Å². The van der Waals surface area contributed by atoms with E-state index in [1.165, 1.54) is 0 Å². The zero-order valence-electron chi connectivity index (χ0n) is 20.0. The molecule has 0 bridgehead atoms. The van der Waals surface area contributed by atoms with E-state index in [1.807, 2.05) is 0 Å². The number of hydrogen-bond donors (Lipinski definition) is 2. The van der Waals surface area contributed by atoms with Crippen LogP contribution in [0.5, 0.6) is 0 Å². The van der Waals surface area contributed by atoms with Gasteiger partial charge in [0, 0.05) is 13.1 Å². The molecule has 0 aromatic carbocycles. The summed E-state index contributed by atoms with van der Waals surface area (Å²) >= 11 is 0. The van der Waals surface area contributed by atoms with Gasteiger partial charge >= 0.3 is 7.87 Å². The fraction of sp³-hybridized carbons (Fsp3) is 1.00. The van der Waals surface area contributed by atoms with Crippen LogP contribution in [-0.4, -0.2) is 126 Å². The van der Waals surface area contributed by atoms with E-state index in [0.717, 1.165) is 19.5 Å². The first kappa shape index (κ1) is 26.6. The van der Waals surface area contributed by atoms with Crippen molar-refractivity contribution in [2.45, 2.75) is 6.42 Å². The smallest absolute Gasteiger partial charge is 0.249 e. The van der Waals surface area contributed by atoms with Gasteiger partial charge < -0.3 is 0 Å². The van der Waals surface area contributed by atoms with Crippen molar-refractivity contribution in [3.05, 3.63) is 0 Å². The van der Waals surface area contributed by atoms with Gasteiger partial charge in [-0.3, -0.25) is 0 Å². The number of rotatable bonds is 8.